The quantitative estimate of drug-likeness (QED) is 0.279. The molecule has 0 saturated carbocycles. The fourth-order valence-electron chi connectivity index (χ4n) is 1.79. The van der Waals surface area contributed by atoms with Gasteiger partial charge < -0.3 is 11.5 Å². The molecule has 0 fully saturated rings. The molecule has 4 nitrogen and oxygen atoms in total. The van der Waals surface area contributed by atoms with Gasteiger partial charge in [-0.05, 0) is 39.8 Å². The lowest BCUT2D eigenvalue weighted by Crippen LogP contribution is -2.11. The van der Waals surface area contributed by atoms with Crippen LogP contribution in [0.5, 0.6) is 0 Å². The summed E-state index contributed by atoms with van der Waals surface area (Å²) in [5.74, 6) is 0.142. The SMILES string of the molecule is N=C(N)c1ccc(/C=C\c2ccc(C(=N)N)cc2I)cc1. The van der Waals surface area contributed by atoms with Crippen molar-refractivity contribution < 1.29 is 0 Å². The molecule has 0 amide bonds. The summed E-state index contributed by atoms with van der Waals surface area (Å²) in [4.78, 5) is 0. The van der Waals surface area contributed by atoms with Gasteiger partial charge in [0.15, 0.2) is 0 Å². The monoisotopic (exact) mass is 390 g/mol. The summed E-state index contributed by atoms with van der Waals surface area (Å²) in [5.41, 5.74) is 14.4. The fourth-order valence-corrected chi connectivity index (χ4v) is 2.48. The van der Waals surface area contributed by atoms with Crippen LogP contribution in [-0.2, 0) is 0 Å². The molecule has 0 aliphatic heterocycles. The molecular formula is C16H15IN4. The number of nitrogen functional groups attached to an aromatic ring is 2. The van der Waals surface area contributed by atoms with Crippen LogP contribution in [0.3, 0.4) is 0 Å². The Morgan fingerprint density at radius 1 is 0.857 bits per heavy atom. The molecule has 0 aliphatic carbocycles. The maximum absolute atomic E-state index is 7.42. The second kappa shape index (κ2) is 6.53. The van der Waals surface area contributed by atoms with Crippen molar-refractivity contribution in [3.8, 4) is 0 Å². The van der Waals surface area contributed by atoms with Crippen molar-refractivity contribution in [2.75, 3.05) is 0 Å². The summed E-state index contributed by atoms with van der Waals surface area (Å²) in [6.45, 7) is 0. The van der Waals surface area contributed by atoms with Gasteiger partial charge in [0.25, 0.3) is 0 Å². The number of rotatable bonds is 4. The van der Waals surface area contributed by atoms with E-state index in [0.717, 1.165) is 20.3 Å². The van der Waals surface area contributed by atoms with Crippen LogP contribution >= 0.6 is 22.6 Å². The molecule has 2 aromatic carbocycles. The molecule has 0 atom stereocenters. The summed E-state index contributed by atoms with van der Waals surface area (Å²) < 4.78 is 1.04. The highest BCUT2D eigenvalue weighted by molar-refractivity contribution is 14.1. The number of benzene rings is 2. The Labute approximate surface area is 137 Å². The second-order valence-corrected chi connectivity index (χ2v) is 5.68. The van der Waals surface area contributed by atoms with E-state index in [1.807, 2.05) is 54.6 Å². The molecule has 5 heteroatoms. The molecule has 0 radical (unpaired) electrons. The van der Waals surface area contributed by atoms with Gasteiger partial charge in [-0.2, -0.15) is 0 Å². The average molecular weight is 390 g/mol. The zero-order chi connectivity index (χ0) is 15.4. The maximum atomic E-state index is 7.42. The summed E-state index contributed by atoms with van der Waals surface area (Å²) in [5, 5.41) is 14.8. The Kier molecular flexibility index (Phi) is 4.74. The lowest BCUT2D eigenvalue weighted by Gasteiger charge is -2.03. The smallest absolute Gasteiger partial charge is 0.122 e. The van der Waals surface area contributed by atoms with Gasteiger partial charge in [0.1, 0.15) is 11.7 Å². The Bertz CT molecular complexity index is 718. The van der Waals surface area contributed by atoms with Crippen LogP contribution < -0.4 is 11.5 Å². The zero-order valence-electron chi connectivity index (χ0n) is 11.2. The number of nitrogens with two attached hydrogens (primary N) is 2. The number of hydrogen-bond acceptors (Lipinski definition) is 2. The minimum atomic E-state index is 0.0694. The second-order valence-electron chi connectivity index (χ2n) is 4.52. The third kappa shape index (κ3) is 3.91. The molecular weight excluding hydrogens is 375 g/mol. The normalized spacial score (nSPS) is 10.7. The lowest BCUT2D eigenvalue weighted by molar-refractivity contribution is 1.41. The largest absolute Gasteiger partial charge is 0.384 e. The van der Waals surface area contributed by atoms with Crippen LogP contribution in [0.4, 0.5) is 0 Å². The molecule has 2 rings (SSSR count). The lowest BCUT2D eigenvalue weighted by atomic mass is 10.1. The molecule has 0 heterocycles. The Morgan fingerprint density at radius 2 is 1.43 bits per heavy atom. The first-order valence-electron chi connectivity index (χ1n) is 6.24. The minimum Gasteiger partial charge on any atom is -0.384 e. The van der Waals surface area contributed by atoms with Crippen LogP contribution in [0, 0.1) is 14.4 Å². The van der Waals surface area contributed by atoms with E-state index in [0.29, 0.717) is 5.56 Å². The summed E-state index contributed by atoms with van der Waals surface area (Å²) >= 11 is 2.23. The van der Waals surface area contributed by atoms with Crippen molar-refractivity contribution in [1.82, 2.24) is 0 Å². The van der Waals surface area contributed by atoms with Gasteiger partial charge in [0.05, 0.1) is 0 Å². The van der Waals surface area contributed by atoms with Crippen LogP contribution in [0.15, 0.2) is 42.5 Å². The molecule has 0 spiro atoms. The fraction of sp³-hybridized carbons (Fsp3) is 0. The van der Waals surface area contributed by atoms with Gasteiger partial charge in [0.2, 0.25) is 0 Å². The van der Waals surface area contributed by atoms with E-state index >= 15 is 0 Å². The molecule has 21 heavy (non-hydrogen) atoms. The topological polar surface area (TPSA) is 99.7 Å². The van der Waals surface area contributed by atoms with E-state index in [1.54, 1.807) is 0 Å². The van der Waals surface area contributed by atoms with E-state index in [4.69, 9.17) is 22.3 Å². The maximum Gasteiger partial charge on any atom is 0.122 e. The predicted molar refractivity (Wildman–Crippen MR) is 96.6 cm³/mol. The van der Waals surface area contributed by atoms with Gasteiger partial charge in [-0.25, -0.2) is 0 Å². The van der Waals surface area contributed by atoms with E-state index in [-0.39, 0.29) is 11.7 Å². The van der Waals surface area contributed by atoms with E-state index < -0.39 is 0 Å². The highest BCUT2D eigenvalue weighted by atomic mass is 127. The Balaban J connectivity index is 2.21. The third-order valence-electron chi connectivity index (χ3n) is 2.99. The summed E-state index contributed by atoms with van der Waals surface area (Å²) in [6, 6.07) is 13.2. The van der Waals surface area contributed by atoms with Crippen molar-refractivity contribution in [2.24, 2.45) is 11.5 Å². The molecule has 0 aromatic heterocycles. The van der Waals surface area contributed by atoms with E-state index in [9.17, 15) is 0 Å². The third-order valence-corrected chi connectivity index (χ3v) is 3.92. The van der Waals surface area contributed by atoms with E-state index in [1.165, 1.54) is 0 Å². The van der Waals surface area contributed by atoms with Crippen molar-refractivity contribution in [1.29, 1.82) is 10.8 Å². The van der Waals surface area contributed by atoms with Crippen molar-refractivity contribution in [3.05, 3.63) is 68.3 Å². The molecule has 0 bridgehead atoms. The number of nitrogens with one attached hydrogen (secondary N) is 2. The first-order valence-corrected chi connectivity index (χ1v) is 7.32. The Hall–Kier alpha value is -2.15. The van der Waals surface area contributed by atoms with Crippen LogP contribution in [0.25, 0.3) is 12.2 Å². The number of hydrogen-bond donors (Lipinski definition) is 4. The van der Waals surface area contributed by atoms with Gasteiger partial charge in [0, 0.05) is 14.7 Å². The molecule has 2 aromatic rings. The highest BCUT2D eigenvalue weighted by Gasteiger charge is 2.01. The standard InChI is InChI=1S/C16H15IN4/c17-14-9-13(16(20)21)8-7-11(14)4-1-10-2-5-12(6-3-10)15(18)19/h1-9H,(H3,18,19)(H3,20,21)/b4-1-. The number of halogens is 1. The zero-order valence-corrected chi connectivity index (χ0v) is 13.4. The van der Waals surface area contributed by atoms with Crippen molar-refractivity contribution in [3.63, 3.8) is 0 Å². The minimum absolute atomic E-state index is 0.0694. The highest BCUT2D eigenvalue weighted by Crippen LogP contribution is 2.17. The van der Waals surface area contributed by atoms with Crippen LogP contribution in [0.1, 0.15) is 22.3 Å². The van der Waals surface area contributed by atoms with E-state index in [2.05, 4.69) is 22.6 Å². The van der Waals surface area contributed by atoms with Gasteiger partial charge >= 0.3 is 0 Å². The van der Waals surface area contributed by atoms with Gasteiger partial charge in [-0.15, -0.1) is 0 Å². The molecule has 0 saturated heterocycles. The van der Waals surface area contributed by atoms with Gasteiger partial charge in [-0.3, -0.25) is 10.8 Å². The van der Waals surface area contributed by atoms with Crippen LogP contribution in [0.2, 0.25) is 0 Å². The predicted octanol–water partition coefficient (Wildman–Crippen LogP) is 3.03. The van der Waals surface area contributed by atoms with Gasteiger partial charge in [-0.1, -0.05) is 48.6 Å². The van der Waals surface area contributed by atoms with Crippen molar-refractivity contribution >= 4 is 46.4 Å². The van der Waals surface area contributed by atoms with Crippen LogP contribution in [-0.4, -0.2) is 11.7 Å². The molecule has 0 aliphatic rings. The first kappa shape index (κ1) is 15.2. The molecule has 0 unspecified atom stereocenters. The first-order chi connectivity index (χ1) is 9.97. The molecule has 106 valence electrons. The summed E-state index contributed by atoms with van der Waals surface area (Å²) in [6.07, 6.45) is 4.00. The Morgan fingerprint density at radius 3 is 1.95 bits per heavy atom. The summed E-state index contributed by atoms with van der Waals surface area (Å²) in [7, 11) is 0. The molecule has 6 N–H and O–H groups in total. The average Bonchev–Trinajstić information content (AvgIpc) is 2.46. The number of amidine groups is 2. The van der Waals surface area contributed by atoms with Crippen molar-refractivity contribution in [2.45, 2.75) is 0 Å².